The van der Waals surface area contributed by atoms with Crippen molar-refractivity contribution in [3.05, 3.63) is 0 Å². The van der Waals surface area contributed by atoms with E-state index in [0.717, 1.165) is 6.42 Å². The van der Waals surface area contributed by atoms with Crippen molar-refractivity contribution in [1.82, 2.24) is 0 Å². The lowest BCUT2D eigenvalue weighted by atomic mass is 10.2. The summed E-state index contributed by atoms with van der Waals surface area (Å²) in [7, 11) is 0. The zero-order valence-electron chi connectivity index (χ0n) is 6.79. The van der Waals surface area contributed by atoms with Gasteiger partial charge in [-0.3, -0.25) is 4.79 Å². The fourth-order valence-electron chi connectivity index (χ4n) is 1.03. The summed E-state index contributed by atoms with van der Waals surface area (Å²) in [6.45, 7) is 3.97. The Morgan fingerprint density at radius 3 is 2.73 bits per heavy atom. The SMILES string of the molecule is CC1CCOC(C)(C(N)=O)O1. The van der Waals surface area contributed by atoms with Gasteiger partial charge >= 0.3 is 0 Å². The van der Waals surface area contributed by atoms with Crippen LogP contribution < -0.4 is 5.73 Å². The van der Waals surface area contributed by atoms with E-state index in [2.05, 4.69) is 0 Å². The van der Waals surface area contributed by atoms with Gasteiger partial charge in [-0.15, -0.1) is 0 Å². The molecule has 11 heavy (non-hydrogen) atoms. The lowest BCUT2D eigenvalue weighted by Crippen LogP contribution is -2.51. The van der Waals surface area contributed by atoms with Crippen molar-refractivity contribution in [3.63, 3.8) is 0 Å². The van der Waals surface area contributed by atoms with Crippen LogP contribution in [-0.2, 0) is 14.3 Å². The monoisotopic (exact) mass is 159 g/mol. The van der Waals surface area contributed by atoms with Crippen LogP contribution in [0.25, 0.3) is 0 Å². The molecule has 2 unspecified atom stereocenters. The lowest BCUT2D eigenvalue weighted by Gasteiger charge is -2.34. The van der Waals surface area contributed by atoms with E-state index in [9.17, 15) is 4.79 Å². The third kappa shape index (κ3) is 1.70. The molecule has 64 valence electrons. The topological polar surface area (TPSA) is 61.5 Å². The second kappa shape index (κ2) is 2.79. The highest BCUT2D eigenvalue weighted by atomic mass is 16.7. The molecule has 1 aliphatic rings. The van der Waals surface area contributed by atoms with Crippen molar-refractivity contribution >= 4 is 5.91 Å². The molecule has 1 aliphatic heterocycles. The largest absolute Gasteiger partial charge is 0.365 e. The van der Waals surface area contributed by atoms with Crippen LogP contribution in [0.2, 0.25) is 0 Å². The average molecular weight is 159 g/mol. The molecule has 0 aromatic heterocycles. The van der Waals surface area contributed by atoms with Crippen molar-refractivity contribution in [2.45, 2.75) is 32.2 Å². The average Bonchev–Trinajstić information content (AvgIpc) is 1.86. The van der Waals surface area contributed by atoms with Crippen LogP contribution in [0.15, 0.2) is 0 Å². The minimum absolute atomic E-state index is 0.0428. The third-order valence-electron chi connectivity index (χ3n) is 1.78. The number of primary amides is 1. The number of hydrogen-bond donors (Lipinski definition) is 1. The maximum Gasteiger partial charge on any atom is 0.277 e. The molecule has 1 saturated heterocycles. The van der Waals surface area contributed by atoms with Gasteiger partial charge in [-0.2, -0.15) is 0 Å². The van der Waals surface area contributed by atoms with Gasteiger partial charge in [0, 0.05) is 0 Å². The minimum Gasteiger partial charge on any atom is -0.365 e. The third-order valence-corrected chi connectivity index (χ3v) is 1.78. The standard InChI is InChI=1S/C7H13NO3/c1-5-3-4-10-7(2,11-5)6(8)9/h5H,3-4H2,1-2H3,(H2,8,9). The zero-order chi connectivity index (χ0) is 8.48. The molecule has 1 rings (SSSR count). The number of amides is 1. The van der Waals surface area contributed by atoms with Crippen molar-refractivity contribution in [1.29, 1.82) is 0 Å². The summed E-state index contributed by atoms with van der Waals surface area (Å²) in [5.74, 6) is -1.78. The van der Waals surface area contributed by atoms with Crippen molar-refractivity contribution < 1.29 is 14.3 Å². The molecule has 0 spiro atoms. The van der Waals surface area contributed by atoms with Crippen LogP contribution in [0.4, 0.5) is 0 Å². The summed E-state index contributed by atoms with van der Waals surface area (Å²) in [5, 5.41) is 0. The molecule has 1 amide bonds. The maximum absolute atomic E-state index is 10.8. The lowest BCUT2D eigenvalue weighted by molar-refractivity contribution is -0.264. The molecular weight excluding hydrogens is 146 g/mol. The molecule has 0 bridgehead atoms. The maximum atomic E-state index is 10.8. The van der Waals surface area contributed by atoms with Gasteiger partial charge in [0.05, 0.1) is 12.7 Å². The Morgan fingerprint density at radius 2 is 2.36 bits per heavy atom. The molecule has 0 aliphatic carbocycles. The number of hydrogen-bond acceptors (Lipinski definition) is 3. The molecule has 2 N–H and O–H groups in total. The molecule has 0 aromatic carbocycles. The number of carbonyl (C=O) groups is 1. The van der Waals surface area contributed by atoms with Crippen LogP contribution in [0.1, 0.15) is 20.3 Å². The van der Waals surface area contributed by atoms with Gasteiger partial charge in [0.15, 0.2) is 0 Å². The normalized spacial score (nSPS) is 38.5. The molecule has 0 aromatic rings. The highest BCUT2D eigenvalue weighted by Crippen LogP contribution is 2.21. The van der Waals surface area contributed by atoms with Gasteiger partial charge in [0.1, 0.15) is 0 Å². The van der Waals surface area contributed by atoms with Crippen LogP contribution in [0.3, 0.4) is 0 Å². The second-order valence-corrected chi connectivity index (χ2v) is 2.88. The van der Waals surface area contributed by atoms with E-state index in [4.69, 9.17) is 15.2 Å². The van der Waals surface area contributed by atoms with Crippen LogP contribution in [0.5, 0.6) is 0 Å². The highest BCUT2D eigenvalue weighted by molar-refractivity contribution is 5.81. The van der Waals surface area contributed by atoms with Gasteiger partial charge in [-0.25, -0.2) is 0 Å². The summed E-state index contributed by atoms with van der Waals surface area (Å²) in [6, 6.07) is 0. The molecular formula is C7H13NO3. The first kappa shape index (κ1) is 8.49. The van der Waals surface area contributed by atoms with Crippen LogP contribution >= 0.6 is 0 Å². The van der Waals surface area contributed by atoms with E-state index in [0.29, 0.717) is 6.61 Å². The second-order valence-electron chi connectivity index (χ2n) is 2.88. The Morgan fingerprint density at radius 1 is 1.73 bits per heavy atom. The van der Waals surface area contributed by atoms with E-state index in [1.807, 2.05) is 6.92 Å². The fraction of sp³-hybridized carbons (Fsp3) is 0.857. The van der Waals surface area contributed by atoms with E-state index >= 15 is 0 Å². The van der Waals surface area contributed by atoms with E-state index in [-0.39, 0.29) is 6.10 Å². The van der Waals surface area contributed by atoms with Gasteiger partial charge in [-0.05, 0) is 20.3 Å². The quantitative estimate of drug-likeness (QED) is 0.586. The molecule has 4 heteroatoms. The zero-order valence-corrected chi connectivity index (χ0v) is 6.79. The number of nitrogens with two attached hydrogens (primary N) is 1. The smallest absolute Gasteiger partial charge is 0.277 e. The Labute approximate surface area is 65.7 Å². The van der Waals surface area contributed by atoms with E-state index in [1.165, 1.54) is 0 Å². The summed E-state index contributed by atoms with van der Waals surface area (Å²) in [4.78, 5) is 10.8. The Hall–Kier alpha value is -0.610. The van der Waals surface area contributed by atoms with Crippen molar-refractivity contribution in [2.24, 2.45) is 5.73 Å². The van der Waals surface area contributed by atoms with Gasteiger partial charge < -0.3 is 15.2 Å². The minimum atomic E-state index is -1.21. The molecule has 4 nitrogen and oxygen atoms in total. The van der Waals surface area contributed by atoms with Gasteiger partial charge in [0.2, 0.25) is 5.79 Å². The van der Waals surface area contributed by atoms with Crippen molar-refractivity contribution in [3.8, 4) is 0 Å². The fourth-order valence-corrected chi connectivity index (χ4v) is 1.03. The number of ether oxygens (including phenoxy) is 2. The Balaban J connectivity index is 2.63. The van der Waals surface area contributed by atoms with E-state index < -0.39 is 11.7 Å². The molecule has 0 saturated carbocycles. The van der Waals surface area contributed by atoms with Crippen LogP contribution in [0, 0.1) is 0 Å². The number of carbonyl (C=O) groups excluding carboxylic acids is 1. The summed E-state index contributed by atoms with van der Waals surface area (Å²) < 4.78 is 10.3. The Kier molecular flexibility index (Phi) is 2.15. The summed E-state index contributed by atoms with van der Waals surface area (Å²) in [5.41, 5.74) is 5.07. The molecule has 2 atom stereocenters. The number of rotatable bonds is 1. The first-order valence-corrected chi connectivity index (χ1v) is 3.66. The van der Waals surface area contributed by atoms with Crippen molar-refractivity contribution in [2.75, 3.05) is 6.61 Å². The molecule has 1 fully saturated rings. The molecule has 1 heterocycles. The van der Waals surface area contributed by atoms with Gasteiger partial charge in [-0.1, -0.05) is 0 Å². The van der Waals surface area contributed by atoms with Crippen LogP contribution in [-0.4, -0.2) is 24.4 Å². The summed E-state index contributed by atoms with van der Waals surface area (Å²) >= 11 is 0. The molecule has 0 radical (unpaired) electrons. The van der Waals surface area contributed by atoms with E-state index in [1.54, 1.807) is 6.92 Å². The first-order valence-electron chi connectivity index (χ1n) is 3.66. The summed E-state index contributed by atoms with van der Waals surface area (Å²) in [6.07, 6.45) is 0.851. The first-order chi connectivity index (χ1) is 5.04. The van der Waals surface area contributed by atoms with Gasteiger partial charge in [0.25, 0.3) is 5.91 Å². The predicted octanol–water partition coefficient (Wildman–Crippen LogP) is 0.0133. The highest BCUT2D eigenvalue weighted by Gasteiger charge is 2.38. The Bertz CT molecular complexity index is 171. The predicted molar refractivity (Wildman–Crippen MR) is 38.7 cm³/mol.